The zero-order chi connectivity index (χ0) is 12.8. The minimum Gasteiger partial charge on any atom is -0.508 e. The van der Waals surface area contributed by atoms with Gasteiger partial charge in [0.05, 0.1) is 7.11 Å². The lowest BCUT2D eigenvalue weighted by Crippen LogP contribution is -2.22. The van der Waals surface area contributed by atoms with E-state index in [4.69, 9.17) is 4.74 Å². The maximum absolute atomic E-state index is 10.8. The average molecular weight is 237 g/mol. The minimum absolute atomic E-state index is 0.0571. The Bertz CT molecular complexity index is 402. The van der Waals surface area contributed by atoms with Crippen LogP contribution in [-0.4, -0.2) is 24.7 Å². The molecule has 0 saturated heterocycles. The Morgan fingerprint density at radius 2 is 2.12 bits per heavy atom. The summed E-state index contributed by atoms with van der Waals surface area (Å²) in [5, 5.41) is 12.5. The zero-order valence-corrected chi connectivity index (χ0v) is 10.5. The number of nitrogens with one attached hydrogen (secondary N) is 1. The summed E-state index contributed by atoms with van der Waals surface area (Å²) in [6.45, 7) is 4.00. The normalized spacial score (nSPS) is 10.1. The number of phenols is 1. The predicted molar refractivity (Wildman–Crippen MR) is 66.4 cm³/mol. The molecule has 1 aromatic carbocycles. The molecule has 0 unspecified atom stereocenters. The Morgan fingerprint density at radius 1 is 1.41 bits per heavy atom. The Labute approximate surface area is 102 Å². The highest BCUT2D eigenvalue weighted by Gasteiger charge is 2.08. The van der Waals surface area contributed by atoms with Crippen LogP contribution in [0.25, 0.3) is 0 Å². The molecule has 0 atom stereocenters. The van der Waals surface area contributed by atoms with Crippen LogP contribution in [0.4, 0.5) is 0 Å². The fourth-order valence-electron chi connectivity index (χ4n) is 1.70. The summed E-state index contributed by atoms with van der Waals surface area (Å²) in [6, 6.07) is 3.55. The van der Waals surface area contributed by atoms with E-state index in [1.165, 1.54) is 6.92 Å². The number of carbonyl (C=O) groups is 1. The number of carbonyl (C=O) groups excluding carboxylic acids is 1. The van der Waals surface area contributed by atoms with Crippen LogP contribution >= 0.6 is 0 Å². The first-order chi connectivity index (χ1) is 8.08. The molecule has 94 valence electrons. The van der Waals surface area contributed by atoms with Crippen LogP contribution in [0.3, 0.4) is 0 Å². The molecule has 0 aromatic heterocycles. The van der Waals surface area contributed by atoms with Gasteiger partial charge in [0.2, 0.25) is 5.91 Å². The van der Waals surface area contributed by atoms with Crippen molar-refractivity contribution < 1.29 is 14.6 Å². The molecule has 1 rings (SSSR count). The van der Waals surface area contributed by atoms with E-state index in [9.17, 15) is 9.90 Å². The number of hydrogen-bond acceptors (Lipinski definition) is 3. The van der Waals surface area contributed by atoms with Crippen LogP contribution in [0, 0.1) is 0 Å². The van der Waals surface area contributed by atoms with Crippen molar-refractivity contribution >= 4 is 5.91 Å². The van der Waals surface area contributed by atoms with Gasteiger partial charge in [-0.1, -0.05) is 6.92 Å². The molecule has 4 nitrogen and oxygen atoms in total. The van der Waals surface area contributed by atoms with Gasteiger partial charge in [0, 0.05) is 13.5 Å². The van der Waals surface area contributed by atoms with Crippen molar-refractivity contribution in [2.45, 2.75) is 26.7 Å². The second-order valence-corrected chi connectivity index (χ2v) is 3.88. The Kier molecular flexibility index (Phi) is 4.82. The molecule has 0 bridgehead atoms. The maximum Gasteiger partial charge on any atom is 0.216 e. The van der Waals surface area contributed by atoms with Gasteiger partial charge in [0.15, 0.2) is 0 Å². The van der Waals surface area contributed by atoms with Gasteiger partial charge in [0.25, 0.3) is 0 Å². The summed E-state index contributed by atoms with van der Waals surface area (Å²) in [6.07, 6.45) is 1.40. The van der Waals surface area contributed by atoms with E-state index in [1.54, 1.807) is 13.2 Å². The van der Waals surface area contributed by atoms with Gasteiger partial charge in [-0.3, -0.25) is 4.79 Å². The molecule has 17 heavy (non-hydrogen) atoms. The van der Waals surface area contributed by atoms with Crippen molar-refractivity contribution in [3.63, 3.8) is 0 Å². The van der Waals surface area contributed by atoms with E-state index in [-0.39, 0.29) is 11.7 Å². The highest BCUT2D eigenvalue weighted by atomic mass is 16.5. The molecule has 0 spiro atoms. The molecule has 1 amide bonds. The monoisotopic (exact) mass is 237 g/mol. The number of aromatic hydroxyl groups is 1. The molecule has 0 heterocycles. The summed E-state index contributed by atoms with van der Waals surface area (Å²) in [5.74, 6) is 0.981. The van der Waals surface area contributed by atoms with Gasteiger partial charge in [-0.25, -0.2) is 0 Å². The number of hydrogen-bond donors (Lipinski definition) is 2. The third-order valence-corrected chi connectivity index (χ3v) is 2.63. The van der Waals surface area contributed by atoms with Crippen molar-refractivity contribution in [3.8, 4) is 11.5 Å². The first kappa shape index (κ1) is 13.4. The van der Waals surface area contributed by atoms with Gasteiger partial charge in [0.1, 0.15) is 11.5 Å². The number of methoxy groups -OCH3 is 1. The largest absolute Gasteiger partial charge is 0.508 e. The second kappa shape index (κ2) is 6.13. The summed E-state index contributed by atoms with van der Waals surface area (Å²) in [7, 11) is 1.60. The average Bonchev–Trinajstić information content (AvgIpc) is 2.29. The molecule has 4 heteroatoms. The van der Waals surface area contributed by atoms with Crippen molar-refractivity contribution in [2.75, 3.05) is 13.7 Å². The summed E-state index contributed by atoms with van der Waals surface area (Å²) in [5.41, 5.74) is 1.76. The smallest absolute Gasteiger partial charge is 0.216 e. The summed E-state index contributed by atoms with van der Waals surface area (Å²) < 4.78 is 5.28. The molecule has 0 fully saturated rings. The molecule has 1 aromatic rings. The highest BCUT2D eigenvalue weighted by Crippen LogP contribution is 2.28. The van der Waals surface area contributed by atoms with Crippen LogP contribution < -0.4 is 10.1 Å². The van der Waals surface area contributed by atoms with Crippen LogP contribution in [0.2, 0.25) is 0 Å². The molecule has 0 saturated carbocycles. The van der Waals surface area contributed by atoms with E-state index in [2.05, 4.69) is 5.32 Å². The first-order valence-corrected chi connectivity index (χ1v) is 5.71. The quantitative estimate of drug-likeness (QED) is 0.818. The zero-order valence-electron chi connectivity index (χ0n) is 10.5. The van der Waals surface area contributed by atoms with Gasteiger partial charge in [-0.2, -0.15) is 0 Å². The molecule has 0 aliphatic heterocycles. The third kappa shape index (κ3) is 3.66. The van der Waals surface area contributed by atoms with E-state index in [0.717, 1.165) is 23.3 Å². The van der Waals surface area contributed by atoms with E-state index < -0.39 is 0 Å². The van der Waals surface area contributed by atoms with Gasteiger partial charge < -0.3 is 15.2 Å². The Morgan fingerprint density at radius 3 is 2.65 bits per heavy atom. The Balaban J connectivity index is 2.83. The van der Waals surface area contributed by atoms with E-state index in [1.807, 2.05) is 13.0 Å². The van der Waals surface area contributed by atoms with Gasteiger partial charge >= 0.3 is 0 Å². The lowest BCUT2D eigenvalue weighted by atomic mass is 10.0. The topological polar surface area (TPSA) is 58.6 Å². The fourth-order valence-corrected chi connectivity index (χ4v) is 1.70. The van der Waals surface area contributed by atoms with Crippen LogP contribution in [-0.2, 0) is 17.6 Å². The second-order valence-electron chi connectivity index (χ2n) is 3.88. The lowest BCUT2D eigenvalue weighted by Gasteiger charge is -2.12. The number of amides is 1. The number of rotatable bonds is 5. The standard InChI is InChI=1S/C13H19NO3/c1-4-10-8-13(17-3)11(7-12(10)16)5-6-14-9(2)15/h7-8,16H,4-6H2,1-3H3,(H,14,15). The Hall–Kier alpha value is -1.71. The van der Waals surface area contributed by atoms with E-state index in [0.29, 0.717) is 13.0 Å². The SMILES string of the molecule is CCc1cc(OC)c(CCNC(C)=O)cc1O. The third-order valence-electron chi connectivity index (χ3n) is 2.63. The molecular formula is C13H19NO3. The number of benzene rings is 1. The van der Waals surface area contributed by atoms with Crippen molar-refractivity contribution in [3.05, 3.63) is 23.3 Å². The predicted octanol–water partition coefficient (Wildman–Crippen LogP) is 1.64. The van der Waals surface area contributed by atoms with Gasteiger partial charge in [-0.05, 0) is 36.1 Å². The fraction of sp³-hybridized carbons (Fsp3) is 0.462. The van der Waals surface area contributed by atoms with Crippen molar-refractivity contribution in [1.29, 1.82) is 0 Å². The molecule has 0 aliphatic carbocycles. The van der Waals surface area contributed by atoms with Crippen LogP contribution in [0.15, 0.2) is 12.1 Å². The van der Waals surface area contributed by atoms with Gasteiger partial charge in [-0.15, -0.1) is 0 Å². The molecule has 0 aliphatic rings. The number of phenolic OH excluding ortho intramolecular Hbond substituents is 1. The minimum atomic E-state index is -0.0571. The van der Waals surface area contributed by atoms with Crippen LogP contribution in [0.1, 0.15) is 25.0 Å². The van der Waals surface area contributed by atoms with Crippen molar-refractivity contribution in [2.24, 2.45) is 0 Å². The summed E-state index contributed by atoms with van der Waals surface area (Å²) in [4.78, 5) is 10.8. The lowest BCUT2D eigenvalue weighted by molar-refractivity contribution is -0.118. The van der Waals surface area contributed by atoms with Crippen molar-refractivity contribution in [1.82, 2.24) is 5.32 Å². The number of ether oxygens (including phenoxy) is 1. The molecular weight excluding hydrogens is 218 g/mol. The molecule has 0 radical (unpaired) electrons. The number of aryl methyl sites for hydroxylation is 1. The van der Waals surface area contributed by atoms with Crippen LogP contribution in [0.5, 0.6) is 11.5 Å². The highest BCUT2D eigenvalue weighted by molar-refractivity contribution is 5.72. The molecule has 2 N–H and O–H groups in total. The van der Waals surface area contributed by atoms with E-state index >= 15 is 0 Å². The maximum atomic E-state index is 10.8. The first-order valence-electron chi connectivity index (χ1n) is 5.71. The summed E-state index contributed by atoms with van der Waals surface area (Å²) >= 11 is 0.